The molecule has 0 bridgehead atoms. The summed E-state index contributed by atoms with van der Waals surface area (Å²) in [6.45, 7) is 0. The lowest BCUT2D eigenvalue weighted by molar-refractivity contribution is -0.137. The Balaban J connectivity index is 2.27. The Hall–Kier alpha value is -1.59. The van der Waals surface area contributed by atoms with Gasteiger partial charge in [0, 0.05) is 11.4 Å². The Morgan fingerprint density at radius 2 is 1.81 bits per heavy atom. The molecular formula is C15H11ClF4O. The normalized spacial score (nSPS) is 13.2. The average Bonchev–Trinajstić information content (AvgIpc) is 2.37. The van der Waals surface area contributed by atoms with Crippen LogP contribution in [-0.2, 0) is 12.6 Å². The summed E-state index contributed by atoms with van der Waals surface area (Å²) in [7, 11) is 0. The Labute approximate surface area is 123 Å². The third-order valence-corrected chi connectivity index (χ3v) is 3.19. The number of halogens is 5. The van der Waals surface area contributed by atoms with E-state index in [0.29, 0.717) is 16.7 Å². The molecule has 21 heavy (non-hydrogen) atoms. The van der Waals surface area contributed by atoms with Crippen LogP contribution in [0.5, 0.6) is 0 Å². The first-order valence-electron chi connectivity index (χ1n) is 6.06. The van der Waals surface area contributed by atoms with Crippen molar-refractivity contribution in [1.82, 2.24) is 0 Å². The van der Waals surface area contributed by atoms with Crippen LogP contribution in [0, 0.1) is 5.82 Å². The quantitative estimate of drug-likeness (QED) is 0.808. The van der Waals surface area contributed by atoms with Crippen molar-refractivity contribution in [2.75, 3.05) is 0 Å². The van der Waals surface area contributed by atoms with E-state index in [1.165, 1.54) is 0 Å². The molecule has 0 amide bonds. The zero-order valence-corrected chi connectivity index (χ0v) is 11.4. The molecule has 0 aromatic heterocycles. The standard InChI is InChI=1S/C15H11ClF4O/c16-12-3-1-2-9(4-12)5-14(21)10-6-11(15(18,19)20)8-13(17)7-10/h1-4,6-8,14,21H,5H2. The molecule has 2 rings (SSSR count). The molecule has 0 fully saturated rings. The molecule has 0 saturated carbocycles. The predicted octanol–water partition coefficient (Wildman–Crippen LogP) is 4.77. The molecule has 0 aliphatic heterocycles. The fraction of sp³-hybridized carbons (Fsp3) is 0.200. The van der Waals surface area contributed by atoms with Crippen molar-refractivity contribution < 1.29 is 22.7 Å². The molecule has 112 valence electrons. The van der Waals surface area contributed by atoms with Crippen molar-refractivity contribution in [2.24, 2.45) is 0 Å². The van der Waals surface area contributed by atoms with Crippen LogP contribution in [0.3, 0.4) is 0 Å². The fourth-order valence-electron chi connectivity index (χ4n) is 1.97. The van der Waals surface area contributed by atoms with Gasteiger partial charge in [0.15, 0.2) is 0 Å². The maximum Gasteiger partial charge on any atom is 0.416 e. The minimum Gasteiger partial charge on any atom is -0.388 e. The summed E-state index contributed by atoms with van der Waals surface area (Å²) >= 11 is 5.79. The lowest BCUT2D eigenvalue weighted by Crippen LogP contribution is -2.09. The Morgan fingerprint density at radius 1 is 1.10 bits per heavy atom. The van der Waals surface area contributed by atoms with Gasteiger partial charge in [-0.25, -0.2) is 4.39 Å². The summed E-state index contributed by atoms with van der Waals surface area (Å²) in [5, 5.41) is 10.5. The Morgan fingerprint density at radius 3 is 2.43 bits per heavy atom. The maximum atomic E-state index is 13.3. The molecule has 2 aromatic rings. The minimum atomic E-state index is -4.66. The summed E-state index contributed by atoms with van der Waals surface area (Å²) in [6.07, 6.45) is -5.87. The number of benzene rings is 2. The lowest BCUT2D eigenvalue weighted by atomic mass is 9.99. The summed E-state index contributed by atoms with van der Waals surface area (Å²) in [5.74, 6) is -1.04. The first-order chi connectivity index (χ1) is 9.75. The molecule has 0 radical (unpaired) electrons. The van der Waals surface area contributed by atoms with Crippen LogP contribution in [0.15, 0.2) is 42.5 Å². The predicted molar refractivity (Wildman–Crippen MR) is 71.5 cm³/mol. The van der Waals surface area contributed by atoms with Crippen LogP contribution < -0.4 is 0 Å². The first kappa shape index (κ1) is 15.8. The van der Waals surface area contributed by atoms with Crippen molar-refractivity contribution in [2.45, 2.75) is 18.7 Å². The molecule has 0 aliphatic carbocycles. The van der Waals surface area contributed by atoms with E-state index >= 15 is 0 Å². The highest BCUT2D eigenvalue weighted by molar-refractivity contribution is 6.30. The third kappa shape index (κ3) is 4.19. The van der Waals surface area contributed by atoms with E-state index in [0.717, 1.165) is 12.1 Å². The molecule has 1 atom stereocenters. The van der Waals surface area contributed by atoms with E-state index < -0.39 is 23.7 Å². The molecule has 0 aliphatic rings. The van der Waals surface area contributed by atoms with Crippen LogP contribution in [0.4, 0.5) is 17.6 Å². The highest BCUT2D eigenvalue weighted by Crippen LogP contribution is 2.32. The molecule has 0 heterocycles. The number of alkyl halides is 3. The van der Waals surface area contributed by atoms with Gasteiger partial charge in [-0.15, -0.1) is 0 Å². The summed E-state index contributed by atoms with van der Waals surface area (Å²) < 4.78 is 51.2. The molecule has 2 aromatic carbocycles. The van der Waals surface area contributed by atoms with Gasteiger partial charge >= 0.3 is 6.18 Å². The molecule has 6 heteroatoms. The molecule has 0 spiro atoms. The Bertz CT molecular complexity index is 640. The van der Waals surface area contributed by atoms with Crippen LogP contribution in [-0.4, -0.2) is 5.11 Å². The monoisotopic (exact) mass is 318 g/mol. The van der Waals surface area contributed by atoms with Crippen LogP contribution >= 0.6 is 11.6 Å². The van der Waals surface area contributed by atoms with E-state index in [1.807, 2.05) is 0 Å². The minimum absolute atomic E-state index is 0.0430. The first-order valence-corrected chi connectivity index (χ1v) is 6.43. The van der Waals surface area contributed by atoms with Gasteiger partial charge in [0.1, 0.15) is 5.82 Å². The average molecular weight is 319 g/mol. The van der Waals surface area contributed by atoms with Crippen molar-refractivity contribution in [3.05, 3.63) is 70.0 Å². The zero-order chi connectivity index (χ0) is 15.6. The van der Waals surface area contributed by atoms with Gasteiger partial charge in [-0.1, -0.05) is 23.7 Å². The second-order valence-corrected chi connectivity index (χ2v) is 5.06. The summed E-state index contributed by atoms with van der Waals surface area (Å²) in [5.41, 5.74) is -0.599. The summed E-state index contributed by atoms with van der Waals surface area (Å²) in [6, 6.07) is 8.62. The number of hydrogen-bond acceptors (Lipinski definition) is 1. The zero-order valence-electron chi connectivity index (χ0n) is 10.7. The van der Waals surface area contributed by atoms with Gasteiger partial charge in [0.2, 0.25) is 0 Å². The number of aliphatic hydroxyl groups is 1. The van der Waals surface area contributed by atoms with Crippen LogP contribution in [0.1, 0.15) is 22.8 Å². The molecule has 1 nitrogen and oxygen atoms in total. The smallest absolute Gasteiger partial charge is 0.388 e. The number of rotatable bonds is 3. The van der Waals surface area contributed by atoms with Crippen LogP contribution in [0.2, 0.25) is 5.02 Å². The van der Waals surface area contributed by atoms with Crippen molar-refractivity contribution in [3.63, 3.8) is 0 Å². The topological polar surface area (TPSA) is 20.2 Å². The largest absolute Gasteiger partial charge is 0.416 e. The SMILES string of the molecule is OC(Cc1cccc(Cl)c1)c1cc(F)cc(C(F)(F)F)c1. The molecule has 1 unspecified atom stereocenters. The van der Waals surface area contributed by atoms with E-state index in [4.69, 9.17) is 11.6 Å². The third-order valence-electron chi connectivity index (χ3n) is 2.95. The molecular weight excluding hydrogens is 308 g/mol. The Kier molecular flexibility index (Phi) is 4.54. The number of aliphatic hydroxyl groups excluding tert-OH is 1. The van der Waals surface area contributed by atoms with Crippen molar-refractivity contribution in [1.29, 1.82) is 0 Å². The van der Waals surface area contributed by atoms with Gasteiger partial charge in [-0.3, -0.25) is 0 Å². The van der Waals surface area contributed by atoms with Gasteiger partial charge in [0.25, 0.3) is 0 Å². The van der Waals surface area contributed by atoms with Crippen molar-refractivity contribution in [3.8, 4) is 0 Å². The molecule has 0 saturated heterocycles. The van der Waals surface area contributed by atoms with Gasteiger partial charge in [0.05, 0.1) is 11.7 Å². The maximum absolute atomic E-state index is 13.3. The van der Waals surface area contributed by atoms with Gasteiger partial charge in [-0.05, 0) is 41.5 Å². The lowest BCUT2D eigenvalue weighted by Gasteiger charge is -2.14. The second-order valence-electron chi connectivity index (χ2n) is 4.62. The second kappa shape index (κ2) is 6.03. The van der Waals surface area contributed by atoms with Crippen molar-refractivity contribution >= 4 is 11.6 Å². The number of hydrogen-bond donors (Lipinski definition) is 1. The summed E-state index contributed by atoms with van der Waals surface area (Å²) in [4.78, 5) is 0. The fourth-order valence-corrected chi connectivity index (χ4v) is 2.19. The van der Waals surface area contributed by atoms with Gasteiger partial charge in [-0.2, -0.15) is 13.2 Å². The van der Waals surface area contributed by atoms with E-state index in [9.17, 15) is 22.7 Å². The van der Waals surface area contributed by atoms with Gasteiger partial charge < -0.3 is 5.11 Å². The van der Waals surface area contributed by atoms with E-state index in [2.05, 4.69) is 0 Å². The van der Waals surface area contributed by atoms with E-state index in [1.54, 1.807) is 24.3 Å². The van der Waals surface area contributed by atoms with Crippen LogP contribution in [0.25, 0.3) is 0 Å². The highest BCUT2D eigenvalue weighted by Gasteiger charge is 2.31. The molecule has 1 N–H and O–H groups in total. The highest BCUT2D eigenvalue weighted by atomic mass is 35.5. The van der Waals surface area contributed by atoms with E-state index in [-0.39, 0.29) is 12.0 Å².